The van der Waals surface area contributed by atoms with Crippen LogP contribution in [0.5, 0.6) is 0 Å². The summed E-state index contributed by atoms with van der Waals surface area (Å²) in [5.41, 5.74) is 5.97. The molecule has 1 atom stereocenters. The number of hydrogen-bond acceptors (Lipinski definition) is 4. The van der Waals surface area contributed by atoms with Crippen molar-refractivity contribution in [3.63, 3.8) is 0 Å². The van der Waals surface area contributed by atoms with E-state index in [1.807, 2.05) is 0 Å². The number of halogens is 6. The zero-order valence-electron chi connectivity index (χ0n) is 15.1. The molecular formula is C17H19ClF5N5O. The fourth-order valence-corrected chi connectivity index (χ4v) is 3.19. The number of hydrogen-bond donors (Lipinski definition) is 1. The number of fused-ring (bicyclic) bond motifs is 1. The molecule has 12 heteroatoms. The van der Waals surface area contributed by atoms with E-state index in [4.69, 9.17) is 5.73 Å². The molecule has 2 aromatic rings. The Morgan fingerprint density at radius 3 is 2.62 bits per heavy atom. The summed E-state index contributed by atoms with van der Waals surface area (Å²) in [6, 6.07) is 2.22. The molecule has 0 bridgehead atoms. The van der Waals surface area contributed by atoms with Crippen LogP contribution in [0.25, 0.3) is 0 Å². The third kappa shape index (κ3) is 5.41. The Kier molecular flexibility index (Phi) is 7.17. The maximum absolute atomic E-state index is 13.7. The standard InChI is InChI=1S/C17H18F5N5O.ClH/c18-11-2-3-13(19)10(6-11)7-12(23)8-15(28)26-4-1-5-27-14(9-26)24-25-16(27)17(20,21)22;/h2-3,6,12H,1,4-5,7-9,23H2;1H/t12-;/m1./s1. The zero-order valence-corrected chi connectivity index (χ0v) is 15.9. The maximum Gasteiger partial charge on any atom is 0.451 e. The summed E-state index contributed by atoms with van der Waals surface area (Å²) >= 11 is 0. The molecule has 2 N–H and O–H groups in total. The van der Waals surface area contributed by atoms with E-state index in [9.17, 15) is 26.7 Å². The lowest BCUT2D eigenvalue weighted by atomic mass is 10.0. The second-order valence-electron chi connectivity index (χ2n) is 6.66. The molecule has 1 aliphatic rings. The number of nitrogens with two attached hydrogens (primary N) is 1. The van der Waals surface area contributed by atoms with E-state index in [-0.39, 0.29) is 56.3 Å². The summed E-state index contributed by atoms with van der Waals surface area (Å²) in [7, 11) is 0. The highest BCUT2D eigenvalue weighted by molar-refractivity contribution is 5.85. The molecular weight excluding hydrogens is 421 g/mol. The molecule has 1 amide bonds. The van der Waals surface area contributed by atoms with Crippen molar-refractivity contribution in [2.45, 2.75) is 44.6 Å². The highest BCUT2D eigenvalue weighted by atomic mass is 35.5. The molecule has 160 valence electrons. The molecule has 0 saturated heterocycles. The van der Waals surface area contributed by atoms with E-state index < -0.39 is 35.6 Å². The number of benzene rings is 1. The lowest BCUT2D eigenvalue weighted by molar-refractivity contribution is -0.147. The first kappa shape index (κ1) is 23.0. The van der Waals surface area contributed by atoms with Gasteiger partial charge in [-0.2, -0.15) is 13.2 Å². The average Bonchev–Trinajstić information content (AvgIpc) is 2.89. The van der Waals surface area contributed by atoms with E-state index in [1.54, 1.807) is 0 Å². The van der Waals surface area contributed by atoms with Gasteiger partial charge in [-0.1, -0.05) is 0 Å². The molecule has 0 unspecified atom stereocenters. The number of carbonyl (C=O) groups is 1. The van der Waals surface area contributed by atoms with Gasteiger partial charge in [0.1, 0.15) is 11.6 Å². The SMILES string of the molecule is Cl.N[C@@H](CC(=O)N1CCCn2c(nnc2C(F)(F)F)C1)Cc1cc(F)ccc1F. The molecule has 0 saturated carbocycles. The summed E-state index contributed by atoms with van der Waals surface area (Å²) in [5.74, 6) is -2.67. The molecule has 29 heavy (non-hydrogen) atoms. The van der Waals surface area contributed by atoms with Gasteiger partial charge in [-0.05, 0) is 36.6 Å². The third-order valence-corrected chi connectivity index (χ3v) is 4.50. The maximum atomic E-state index is 13.7. The first-order valence-electron chi connectivity index (χ1n) is 8.61. The molecule has 0 aliphatic carbocycles. The van der Waals surface area contributed by atoms with Crippen LogP contribution < -0.4 is 5.73 Å². The number of rotatable bonds is 4. The summed E-state index contributed by atoms with van der Waals surface area (Å²) in [5, 5.41) is 6.75. The van der Waals surface area contributed by atoms with Gasteiger partial charge in [-0.25, -0.2) is 8.78 Å². The largest absolute Gasteiger partial charge is 0.451 e. The number of alkyl halides is 3. The van der Waals surface area contributed by atoms with Crippen molar-refractivity contribution in [1.29, 1.82) is 0 Å². The predicted octanol–water partition coefficient (Wildman–Crippen LogP) is 2.69. The molecule has 2 heterocycles. The van der Waals surface area contributed by atoms with Gasteiger partial charge in [0.05, 0.1) is 6.54 Å². The second kappa shape index (κ2) is 9.04. The Bertz CT molecular complexity index is 872. The molecule has 0 radical (unpaired) electrons. The molecule has 1 aromatic carbocycles. The third-order valence-electron chi connectivity index (χ3n) is 4.50. The fourth-order valence-electron chi connectivity index (χ4n) is 3.19. The van der Waals surface area contributed by atoms with E-state index in [2.05, 4.69) is 10.2 Å². The van der Waals surface area contributed by atoms with Crippen LogP contribution in [0.15, 0.2) is 18.2 Å². The van der Waals surface area contributed by atoms with Crippen molar-refractivity contribution in [1.82, 2.24) is 19.7 Å². The van der Waals surface area contributed by atoms with E-state index in [1.165, 1.54) is 4.90 Å². The molecule has 1 aliphatic heterocycles. The van der Waals surface area contributed by atoms with Crippen LogP contribution in [0.2, 0.25) is 0 Å². The number of amides is 1. The van der Waals surface area contributed by atoms with Gasteiger partial charge in [0.25, 0.3) is 0 Å². The van der Waals surface area contributed by atoms with E-state index in [0.717, 1.165) is 22.8 Å². The van der Waals surface area contributed by atoms with Crippen molar-refractivity contribution in [3.05, 3.63) is 47.0 Å². The van der Waals surface area contributed by atoms with Crippen LogP contribution in [0, 0.1) is 11.6 Å². The van der Waals surface area contributed by atoms with Gasteiger partial charge in [0, 0.05) is 25.6 Å². The van der Waals surface area contributed by atoms with Gasteiger partial charge < -0.3 is 15.2 Å². The van der Waals surface area contributed by atoms with Gasteiger partial charge >= 0.3 is 6.18 Å². The Morgan fingerprint density at radius 2 is 1.93 bits per heavy atom. The smallest absolute Gasteiger partial charge is 0.335 e. The lowest BCUT2D eigenvalue weighted by Crippen LogP contribution is -2.36. The average molecular weight is 440 g/mol. The Balaban J connectivity index is 0.00000300. The first-order chi connectivity index (χ1) is 13.1. The zero-order chi connectivity index (χ0) is 20.5. The van der Waals surface area contributed by atoms with Crippen LogP contribution in [-0.2, 0) is 30.5 Å². The van der Waals surface area contributed by atoms with Crippen LogP contribution >= 0.6 is 12.4 Å². The van der Waals surface area contributed by atoms with Crippen molar-refractivity contribution >= 4 is 18.3 Å². The first-order valence-corrected chi connectivity index (χ1v) is 8.61. The van der Waals surface area contributed by atoms with Gasteiger partial charge in [-0.15, -0.1) is 22.6 Å². The molecule has 1 aromatic heterocycles. The minimum absolute atomic E-state index is 0. The summed E-state index contributed by atoms with van der Waals surface area (Å²) in [6.45, 7) is 0.158. The Labute approximate surface area is 169 Å². The number of carbonyl (C=O) groups excluding carboxylic acids is 1. The van der Waals surface area contributed by atoms with Crippen molar-refractivity contribution in [2.75, 3.05) is 6.54 Å². The summed E-state index contributed by atoms with van der Waals surface area (Å²) in [6.07, 6.45) is -4.52. The van der Waals surface area contributed by atoms with Crippen LogP contribution in [0.3, 0.4) is 0 Å². The van der Waals surface area contributed by atoms with Gasteiger partial charge in [0.2, 0.25) is 11.7 Å². The molecule has 3 rings (SSSR count). The van der Waals surface area contributed by atoms with Crippen LogP contribution in [0.1, 0.15) is 30.1 Å². The Morgan fingerprint density at radius 1 is 1.21 bits per heavy atom. The Hall–Kier alpha value is -2.27. The predicted molar refractivity (Wildman–Crippen MR) is 95.0 cm³/mol. The topological polar surface area (TPSA) is 77.0 Å². The van der Waals surface area contributed by atoms with Crippen LogP contribution in [-0.4, -0.2) is 38.2 Å². The molecule has 0 fully saturated rings. The monoisotopic (exact) mass is 439 g/mol. The fraction of sp³-hybridized carbons (Fsp3) is 0.471. The van der Waals surface area contributed by atoms with Gasteiger partial charge in [-0.3, -0.25) is 4.79 Å². The number of aromatic nitrogens is 3. The lowest BCUT2D eigenvalue weighted by Gasteiger charge is -2.21. The van der Waals surface area contributed by atoms with Gasteiger partial charge in [0.15, 0.2) is 5.82 Å². The minimum atomic E-state index is -4.62. The van der Waals surface area contributed by atoms with E-state index >= 15 is 0 Å². The highest BCUT2D eigenvalue weighted by Crippen LogP contribution is 2.29. The van der Waals surface area contributed by atoms with Crippen molar-refractivity contribution < 1.29 is 26.7 Å². The quantitative estimate of drug-likeness (QED) is 0.743. The number of nitrogens with zero attached hydrogens (tertiary/aromatic N) is 4. The minimum Gasteiger partial charge on any atom is -0.335 e. The molecule has 0 spiro atoms. The normalized spacial score (nSPS) is 15.3. The summed E-state index contributed by atoms with van der Waals surface area (Å²) < 4.78 is 66.8. The highest BCUT2D eigenvalue weighted by Gasteiger charge is 2.39. The second-order valence-corrected chi connectivity index (χ2v) is 6.66. The van der Waals surface area contributed by atoms with Crippen LogP contribution in [0.4, 0.5) is 22.0 Å². The van der Waals surface area contributed by atoms with E-state index in [0.29, 0.717) is 6.42 Å². The van der Waals surface area contributed by atoms with Crippen molar-refractivity contribution in [2.24, 2.45) is 5.73 Å². The summed E-state index contributed by atoms with van der Waals surface area (Å²) in [4.78, 5) is 13.9. The van der Waals surface area contributed by atoms with Crippen molar-refractivity contribution in [3.8, 4) is 0 Å². The molecule has 6 nitrogen and oxygen atoms in total.